The molecule has 22 heavy (non-hydrogen) atoms. The lowest BCUT2D eigenvalue weighted by atomic mass is 10.4. The van der Waals surface area contributed by atoms with Crippen LogP contribution in [0, 0.1) is 0 Å². The quantitative estimate of drug-likeness (QED) is 0.527. The highest BCUT2D eigenvalue weighted by Crippen LogP contribution is 2.30. The number of thioether (sulfide) groups is 1. The molecule has 0 bridgehead atoms. The maximum Gasteiger partial charge on any atom is 0.233 e. The van der Waals surface area contributed by atoms with Crippen molar-refractivity contribution in [2.75, 3.05) is 25.9 Å². The van der Waals surface area contributed by atoms with Gasteiger partial charge in [-0.1, -0.05) is 19.1 Å². The van der Waals surface area contributed by atoms with E-state index in [-0.39, 0.29) is 16.9 Å². The molecule has 2 N–H and O–H groups in total. The molecule has 0 aliphatic carbocycles. The minimum atomic E-state index is -3.30. The molecule has 0 saturated heterocycles. The Hall–Kier alpha value is -1.05. The predicted octanol–water partition coefficient (Wildman–Crippen LogP) is 1.69. The predicted molar refractivity (Wildman–Crippen MR) is 91.0 cm³/mol. The Balaban J connectivity index is 2.84. The Morgan fingerprint density at radius 3 is 2.59 bits per heavy atom. The average molecular weight is 345 g/mol. The van der Waals surface area contributed by atoms with Gasteiger partial charge in [-0.05, 0) is 32.5 Å². The number of hydrogen-bond acceptors (Lipinski definition) is 5. The molecule has 7 heteroatoms. The molecule has 0 heterocycles. The maximum absolute atomic E-state index is 12.3. The van der Waals surface area contributed by atoms with Crippen LogP contribution in [0.5, 0.6) is 0 Å². The smallest absolute Gasteiger partial charge is 0.233 e. The first kappa shape index (κ1) is 19.0. The number of carbonyl (C=O) groups excluding carboxylic acids is 1. The molecule has 0 aliphatic heterocycles. The summed E-state index contributed by atoms with van der Waals surface area (Å²) in [5.74, 6) is 0.0239. The fourth-order valence-corrected chi connectivity index (χ4v) is 4.74. The zero-order valence-corrected chi connectivity index (χ0v) is 14.9. The molecule has 0 saturated carbocycles. The summed E-state index contributed by atoms with van der Waals surface area (Å²) in [6, 6.07) is 6.87. The van der Waals surface area contributed by atoms with E-state index < -0.39 is 9.84 Å². The number of nitrogens with one attached hydrogen (secondary N) is 2. The highest BCUT2D eigenvalue weighted by molar-refractivity contribution is 8.01. The van der Waals surface area contributed by atoms with Crippen molar-refractivity contribution in [3.63, 3.8) is 0 Å². The molecule has 0 aromatic heterocycles. The van der Waals surface area contributed by atoms with Crippen molar-refractivity contribution < 1.29 is 13.2 Å². The van der Waals surface area contributed by atoms with Gasteiger partial charge in [0, 0.05) is 18.0 Å². The Kier molecular flexibility index (Phi) is 7.92. The van der Waals surface area contributed by atoms with Crippen LogP contribution in [-0.4, -0.2) is 45.5 Å². The van der Waals surface area contributed by atoms with Crippen LogP contribution in [0.15, 0.2) is 34.1 Å². The van der Waals surface area contributed by atoms with E-state index in [9.17, 15) is 13.2 Å². The summed E-state index contributed by atoms with van der Waals surface area (Å²) in [5, 5.41) is 5.42. The second-order valence-corrected chi connectivity index (χ2v) is 8.38. The van der Waals surface area contributed by atoms with E-state index in [1.807, 2.05) is 14.0 Å². The lowest BCUT2D eigenvalue weighted by molar-refractivity contribution is -0.120. The summed E-state index contributed by atoms with van der Waals surface area (Å²) < 4.78 is 24.6. The van der Waals surface area contributed by atoms with Crippen LogP contribution < -0.4 is 10.6 Å². The molecule has 5 nitrogen and oxygen atoms in total. The number of sulfone groups is 1. The van der Waals surface area contributed by atoms with Crippen LogP contribution in [0.2, 0.25) is 0 Å². The number of amides is 1. The second-order valence-electron chi connectivity index (χ2n) is 4.92. The SMILES string of the molecule is CCCS(=O)(=O)c1ccccc1SC(C)C(=O)NCCNC. The normalized spacial score (nSPS) is 12.9. The van der Waals surface area contributed by atoms with Crippen LogP contribution in [-0.2, 0) is 14.6 Å². The monoisotopic (exact) mass is 344 g/mol. The Morgan fingerprint density at radius 1 is 1.27 bits per heavy atom. The van der Waals surface area contributed by atoms with Crippen molar-refractivity contribution in [2.45, 2.75) is 35.3 Å². The van der Waals surface area contributed by atoms with Crippen LogP contribution in [0.4, 0.5) is 0 Å². The van der Waals surface area contributed by atoms with Gasteiger partial charge in [0.1, 0.15) is 0 Å². The molecule has 0 spiro atoms. The van der Waals surface area contributed by atoms with Gasteiger partial charge in [0.25, 0.3) is 0 Å². The molecule has 0 aliphatic rings. The van der Waals surface area contributed by atoms with Crippen molar-refractivity contribution >= 4 is 27.5 Å². The van der Waals surface area contributed by atoms with Crippen molar-refractivity contribution in [2.24, 2.45) is 0 Å². The summed E-state index contributed by atoms with van der Waals surface area (Å²) >= 11 is 1.28. The van der Waals surface area contributed by atoms with Gasteiger partial charge in [-0.2, -0.15) is 0 Å². The first-order valence-electron chi connectivity index (χ1n) is 7.33. The first-order chi connectivity index (χ1) is 10.4. The summed E-state index contributed by atoms with van der Waals surface area (Å²) in [7, 11) is -1.48. The third-order valence-corrected chi connectivity index (χ3v) is 6.28. The minimum Gasteiger partial charge on any atom is -0.354 e. The maximum atomic E-state index is 12.3. The van der Waals surface area contributed by atoms with Crippen molar-refractivity contribution in [3.05, 3.63) is 24.3 Å². The number of likely N-dealkylation sites (N-methyl/N-ethyl adjacent to an activating group) is 1. The number of benzene rings is 1. The molecular weight excluding hydrogens is 320 g/mol. The summed E-state index contributed by atoms with van der Waals surface area (Å²) in [6.45, 7) is 4.87. The molecule has 1 aromatic rings. The lowest BCUT2D eigenvalue weighted by Crippen LogP contribution is -2.35. The van der Waals surface area contributed by atoms with Gasteiger partial charge in [0.05, 0.1) is 15.9 Å². The second kappa shape index (κ2) is 9.17. The zero-order chi connectivity index (χ0) is 16.6. The van der Waals surface area contributed by atoms with Gasteiger partial charge in [-0.25, -0.2) is 8.42 Å². The van der Waals surface area contributed by atoms with Crippen molar-refractivity contribution in [1.29, 1.82) is 0 Å². The topological polar surface area (TPSA) is 75.3 Å². The van der Waals surface area contributed by atoms with E-state index in [0.717, 1.165) is 0 Å². The van der Waals surface area contributed by atoms with Gasteiger partial charge >= 0.3 is 0 Å². The van der Waals surface area contributed by atoms with E-state index >= 15 is 0 Å². The third kappa shape index (κ3) is 5.62. The van der Waals surface area contributed by atoms with E-state index in [1.165, 1.54) is 11.8 Å². The average Bonchev–Trinajstić information content (AvgIpc) is 2.47. The standard InChI is InChI=1S/C15H24N2O3S2/c1-4-11-22(19,20)14-8-6-5-7-13(14)21-12(2)15(18)17-10-9-16-3/h5-8,12,16H,4,9-11H2,1-3H3,(H,17,18). The van der Waals surface area contributed by atoms with Gasteiger partial charge in [0.15, 0.2) is 9.84 Å². The van der Waals surface area contributed by atoms with Gasteiger partial charge < -0.3 is 10.6 Å². The van der Waals surface area contributed by atoms with E-state index in [1.54, 1.807) is 31.2 Å². The number of hydrogen-bond donors (Lipinski definition) is 2. The van der Waals surface area contributed by atoms with E-state index in [2.05, 4.69) is 10.6 Å². The Morgan fingerprint density at radius 2 is 1.95 bits per heavy atom. The molecule has 1 unspecified atom stereocenters. The molecule has 1 rings (SSSR count). The van der Waals surface area contributed by atoms with Crippen LogP contribution in [0.1, 0.15) is 20.3 Å². The molecule has 1 aromatic carbocycles. The molecule has 0 fully saturated rings. The fourth-order valence-electron chi connectivity index (χ4n) is 1.88. The third-order valence-electron chi connectivity index (χ3n) is 3.00. The molecule has 124 valence electrons. The summed E-state index contributed by atoms with van der Waals surface area (Å²) in [6.07, 6.45) is 0.571. The first-order valence-corrected chi connectivity index (χ1v) is 9.86. The van der Waals surface area contributed by atoms with Gasteiger partial charge in [0.2, 0.25) is 5.91 Å². The van der Waals surface area contributed by atoms with Crippen LogP contribution in [0.3, 0.4) is 0 Å². The highest BCUT2D eigenvalue weighted by atomic mass is 32.2. The lowest BCUT2D eigenvalue weighted by Gasteiger charge is -2.14. The van der Waals surface area contributed by atoms with Crippen LogP contribution >= 0.6 is 11.8 Å². The largest absolute Gasteiger partial charge is 0.354 e. The van der Waals surface area contributed by atoms with E-state index in [0.29, 0.717) is 29.3 Å². The number of rotatable bonds is 9. The van der Waals surface area contributed by atoms with Crippen molar-refractivity contribution in [3.8, 4) is 0 Å². The molecule has 1 amide bonds. The summed E-state index contributed by atoms with van der Waals surface area (Å²) in [4.78, 5) is 12.9. The minimum absolute atomic E-state index is 0.0945. The Labute approximate surface area is 137 Å². The van der Waals surface area contributed by atoms with Gasteiger partial charge in [-0.15, -0.1) is 11.8 Å². The highest BCUT2D eigenvalue weighted by Gasteiger charge is 2.21. The number of carbonyl (C=O) groups is 1. The van der Waals surface area contributed by atoms with Gasteiger partial charge in [-0.3, -0.25) is 4.79 Å². The molecule has 1 atom stereocenters. The molecule has 0 radical (unpaired) electrons. The molecular formula is C15H24N2O3S2. The van der Waals surface area contributed by atoms with E-state index in [4.69, 9.17) is 0 Å². The Bertz CT molecular complexity index is 588. The fraction of sp³-hybridized carbons (Fsp3) is 0.533. The van der Waals surface area contributed by atoms with Crippen molar-refractivity contribution in [1.82, 2.24) is 10.6 Å². The zero-order valence-electron chi connectivity index (χ0n) is 13.3. The summed E-state index contributed by atoms with van der Waals surface area (Å²) in [5.41, 5.74) is 0. The van der Waals surface area contributed by atoms with Crippen LogP contribution in [0.25, 0.3) is 0 Å².